The summed E-state index contributed by atoms with van der Waals surface area (Å²) in [4.78, 5) is 20.4. The lowest BCUT2D eigenvalue weighted by Crippen LogP contribution is -2.01. The number of carbonyl (C=O) groups excluding carboxylic acids is 1. The number of aromatic nitrogens is 2. The van der Waals surface area contributed by atoms with Crippen LogP contribution in [0.2, 0.25) is 5.02 Å². The highest BCUT2D eigenvalue weighted by Gasteiger charge is 2.13. The third kappa shape index (κ3) is 5.05. The quantitative estimate of drug-likeness (QED) is 0.244. The molecule has 2 aromatic heterocycles. The van der Waals surface area contributed by atoms with Gasteiger partial charge in [-0.1, -0.05) is 23.7 Å². The fraction of sp³-hybridized carbons (Fsp3) is 0.0741. The Morgan fingerprint density at radius 3 is 2.75 bits per heavy atom. The third-order valence-corrected chi connectivity index (χ3v) is 5.72. The van der Waals surface area contributed by atoms with E-state index in [1.165, 1.54) is 24.5 Å². The van der Waals surface area contributed by atoms with Gasteiger partial charge in [-0.05, 0) is 66.2 Å². The van der Waals surface area contributed by atoms with Gasteiger partial charge in [0.1, 0.15) is 42.7 Å². The molecule has 180 valence electrons. The van der Waals surface area contributed by atoms with Crippen molar-refractivity contribution in [2.45, 2.75) is 6.61 Å². The van der Waals surface area contributed by atoms with Gasteiger partial charge in [-0.25, -0.2) is 14.4 Å². The number of ether oxygens (including phenoxy) is 1. The number of furan rings is 1. The van der Waals surface area contributed by atoms with Gasteiger partial charge in [-0.2, -0.15) is 0 Å². The molecule has 7 nitrogen and oxygen atoms in total. The molecular formula is C27H19ClFN3O4. The van der Waals surface area contributed by atoms with E-state index in [0.29, 0.717) is 39.1 Å². The Bertz CT molecular complexity index is 1570. The molecule has 2 N–H and O–H groups in total. The molecule has 0 bridgehead atoms. The highest BCUT2D eigenvalue weighted by Crippen LogP contribution is 2.32. The maximum Gasteiger partial charge on any atom is 0.223 e. The lowest BCUT2D eigenvalue weighted by molar-refractivity contribution is 0.0876. The first-order valence-electron chi connectivity index (χ1n) is 10.9. The number of Topliss-reactive ketones (excluding diaryl/α,β-unsaturated/α-hetero) is 1. The molecule has 0 aliphatic rings. The fourth-order valence-electron chi connectivity index (χ4n) is 3.65. The number of ketones is 1. The second-order valence-electron chi connectivity index (χ2n) is 7.89. The number of nitrogens with one attached hydrogen (secondary N) is 1. The summed E-state index contributed by atoms with van der Waals surface area (Å²) in [7, 11) is 0. The monoisotopic (exact) mass is 503 g/mol. The number of aliphatic hydroxyl groups is 1. The first-order chi connectivity index (χ1) is 17.5. The smallest absolute Gasteiger partial charge is 0.223 e. The molecule has 0 aliphatic heterocycles. The van der Waals surface area contributed by atoms with Crippen molar-refractivity contribution in [1.29, 1.82) is 0 Å². The van der Waals surface area contributed by atoms with Crippen molar-refractivity contribution >= 4 is 39.8 Å². The Morgan fingerprint density at radius 1 is 1.06 bits per heavy atom. The van der Waals surface area contributed by atoms with Crippen LogP contribution in [0.15, 0.2) is 83.5 Å². The van der Waals surface area contributed by atoms with Gasteiger partial charge in [0.2, 0.25) is 5.78 Å². The maximum atomic E-state index is 13.4. The minimum absolute atomic E-state index is 0.0876. The number of benzene rings is 3. The zero-order valence-electron chi connectivity index (χ0n) is 18.7. The van der Waals surface area contributed by atoms with E-state index < -0.39 is 12.4 Å². The van der Waals surface area contributed by atoms with Crippen LogP contribution in [-0.4, -0.2) is 27.5 Å². The van der Waals surface area contributed by atoms with E-state index in [2.05, 4.69) is 15.3 Å². The topological polar surface area (TPSA) is 97.5 Å². The van der Waals surface area contributed by atoms with Gasteiger partial charge in [0.25, 0.3) is 0 Å². The Hall–Kier alpha value is -4.27. The van der Waals surface area contributed by atoms with Crippen molar-refractivity contribution in [2.24, 2.45) is 0 Å². The van der Waals surface area contributed by atoms with Gasteiger partial charge in [0.15, 0.2) is 5.76 Å². The van der Waals surface area contributed by atoms with Gasteiger partial charge in [0, 0.05) is 16.6 Å². The summed E-state index contributed by atoms with van der Waals surface area (Å²) in [5.41, 5.74) is 2.80. The summed E-state index contributed by atoms with van der Waals surface area (Å²) in [5.74, 6) is 0.758. The van der Waals surface area contributed by atoms with Gasteiger partial charge in [-0.3, -0.25) is 4.79 Å². The summed E-state index contributed by atoms with van der Waals surface area (Å²) in [6, 6.07) is 20.1. The van der Waals surface area contributed by atoms with Crippen molar-refractivity contribution in [3.63, 3.8) is 0 Å². The fourth-order valence-corrected chi connectivity index (χ4v) is 3.89. The highest BCUT2D eigenvalue weighted by atomic mass is 35.5. The molecule has 5 rings (SSSR count). The van der Waals surface area contributed by atoms with Crippen molar-refractivity contribution in [1.82, 2.24) is 9.97 Å². The standard InChI is InChI=1S/C27H19ClFN3O4/c28-21-12-19(5-7-25(21)35-14-16-2-1-3-18(29)10-16)32-27-20-11-17(4-6-22(20)30-15-31-27)24-8-9-26(36-24)23(34)13-33/h1-12,15,33H,13-14H2,(H,30,31,32). The van der Waals surface area contributed by atoms with Crippen LogP contribution in [0.5, 0.6) is 5.75 Å². The highest BCUT2D eigenvalue weighted by molar-refractivity contribution is 6.32. The number of fused-ring (bicyclic) bond motifs is 1. The Balaban J connectivity index is 1.37. The Morgan fingerprint density at radius 2 is 1.94 bits per heavy atom. The summed E-state index contributed by atoms with van der Waals surface area (Å²) < 4.78 is 24.7. The van der Waals surface area contributed by atoms with Crippen molar-refractivity contribution < 1.29 is 23.4 Å². The van der Waals surface area contributed by atoms with Crippen LogP contribution in [0.1, 0.15) is 16.1 Å². The number of hydrogen-bond donors (Lipinski definition) is 2. The van der Waals surface area contributed by atoms with Crippen LogP contribution >= 0.6 is 11.6 Å². The number of anilines is 2. The zero-order valence-corrected chi connectivity index (χ0v) is 19.5. The number of halogens is 2. The molecule has 2 heterocycles. The second-order valence-corrected chi connectivity index (χ2v) is 8.30. The molecule has 0 amide bonds. The average molecular weight is 504 g/mol. The number of rotatable bonds is 8. The van der Waals surface area contributed by atoms with Gasteiger partial charge in [0.05, 0.1) is 10.5 Å². The first kappa shape index (κ1) is 23.5. The molecule has 0 aliphatic carbocycles. The van der Waals surface area contributed by atoms with E-state index in [0.717, 1.165) is 10.9 Å². The molecule has 3 aromatic carbocycles. The molecule has 0 unspecified atom stereocenters. The molecule has 9 heteroatoms. The van der Waals surface area contributed by atoms with E-state index >= 15 is 0 Å². The SMILES string of the molecule is O=C(CO)c1ccc(-c2ccc3ncnc(Nc4ccc(OCc5cccc(F)c5)c(Cl)c4)c3c2)o1. The molecule has 0 saturated heterocycles. The van der Waals surface area contributed by atoms with Crippen molar-refractivity contribution in [3.8, 4) is 17.1 Å². The van der Waals surface area contributed by atoms with Gasteiger partial charge in [-0.15, -0.1) is 0 Å². The Kier molecular flexibility index (Phi) is 6.62. The molecule has 0 atom stereocenters. The normalized spacial score (nSPS) is 11.0. The van der Waals surface area contributed by atoms with Crippen molar-refractivity contribution in [3.05, 3.63) is 101 Å². The molecule has 0 spiro atoms. The lowest BCUT2D eigenvalue weighted by Gasteiger charge is -2.12. The predicted octanol–water partition coefficient (Wildman–Crippen LogP) is 6.18. The van der Waals surface area contributed by atoms with Crippen LogP contribution in [0.25, 0.3) is 22.2 Å². The number of hydrogen-bond acceptors (Lipinski definition) is 7. The number of nitrogens with zero attached hydrogens (tertiary/aromatic N) is 2. The molecule has 36 heavy (non-hydrogen) atoms. The first-order valence-corrected chi connectivity index (χ1v) is 11.3. The van der Waals surface area contributed by atoms with Gasteiger partial charge >= 0.3 is 0 Å². The molecule has 5 aromatic rings. The average Bonchev–Trinajstić information content (AvgIpc) is 3.38. The van der Waals surface area contributed by atoms with Gasteiger partial charge < -0.3 is 19.6 Å². The third-order valence-electron chi connectivity index (χ3n) is 5.42. The van der Waals surface area contributed by atoms with E-state index in [4.69, 9.17) is 25.9 Å². The Labute approximate surface area is 210 Å². The molecular weight excluding hydrogens is 485 g/mol. The molecule has 0 saturated carbocycles. The predicted molar refractivity (Wildman–Crippen MR) is 134 cm³/mol. The summed E-state index contributed by atoms with van der Waals surface area (Å²) >= 11 is 6.43. The van der Waals surface area contributed by atoms with Crippen molar-refractivity contribution in [2.75, 3.05) is 11.9 Å². The number of aliphatic hydroxyl groups excluding tert-OH is 1. The van der Waals surface area contributed by atoms with Crippen LogP contribution in [0.3, 0.4) is 0 Å². The molecule has 0 fully saturated rings. The largest absolute Gasteiger partial charge is 0.487 e. The summed E-state index contributed by atoms with van der Waals surface area (Å²) in [6.45, 7) is -0.439. The summed E-state index contributed by atoms with van der Waals surface area (Å²) in [5, 5.41) is 13.4. The number of carbonyl (C=O) groups is 1. The summed E-state index contributed by atoms with van der Waals surface area (Å²) in [6.07, 6.45) is 1.45. The second kappa shape index (κ2) is 10.2. The molecule has 0 radical (unpaired) electrons. The van der Waals surface area contributed by atoms with E-state index in [1.54, 1.807) is 36.4 Å². The maximum absolute atomic E-state index is 13.4. The van der Waals surface area contributed by atoms with E-state index in [9.17, 15) is 9.18 Å². The van der Waals surface area contributed by atoms with Crippen LogP contribution in [-0.2, 0) is 6.61 Å². The van der Waals surface area contributed by atoms with E-state index in [1.807, 2.05) is 18.2 Å². The minimum atomic E-state index is -0.621. The zero-order chi connectivity index (χ0) is 25.1. The van der Waals surface area contributed by atoms with Crippen LogP contribution in [0.4, 0.5) is 15.9 Å². The van der Waals surface area contributed by atoms with Crippen LogP contribution in [0, 0.1) is 5.82 Å². The lowest BCUT2D eigenvalue weighted by atomic mass is 10.1. The van der Waals surface area contributed by atoms with Crippen LogP contribution < -0.4 is 10.1 Å². The minimum Gasteiger partial charge on any atom is -0.487 e. The van der Waals surface area contributed by atoms with E-state index in [-0.39, 0.29) is 18.2 Å².